The number of rotatable bonds is 4. The van der Waals surface area contributed by atoms with E-state index in [1.807, 2.05) is 6.07 Å². The van der Waals surface area contributed by atoms with Crippen LogP contribution in [0.2, 0.25) is 0 Å². The van der Waals surface area contributed by atoms with E-state index < -0.39 is 5.41 Å². The molecule has 2 aromatic heterocycles. The van der Waals surface area contributed by atoms with Crippen molar-refractivity contribution in [3.8, 4) is 28.3 Å². The third-order valence-corrected chi connectivity index (χ3v) is 11.1. The van der Waals surface area contributed by atoms with Gasteiger partial charge in [0.05, 0.1) is 27.7 Å². The van der Waals surface area contributed by atoms with Gasteiger partial charge in [0, 0.05) is 21.7 Å². The zero-order chi connectivity index (χ0) is 34.2. The van der Waals surface area contributed by atoms with Gasteiger partial charge in [-0.3, -0.25) is 4.57 Å². The molecule has 0 saturated carbocycles. The minimum absolute atomic E-state index is 0.494. The average molecular weight is 662 g/mol. The molecule has 0 bridgehead atoms. The summed E-state index contributed by atoms with van der Waals surface area (Å²) in [5, 5.41) is 5.90. The van der Waals surface area contributed by atoms with Crippen LogP contribution >= 0.6 is 0 Å². The summed E-state index contributed by atoms with van der Waals surface area (Å²) in [6.07, 6.45) is 0. The topological polar surface area (TPSA) is 30.7 Å². The van der Waals surface area contributed by atoms with Crippen LogP contribution in [-0.2, 0) is 5.41 Å². The van der Waals surface area contributed by atoms with Gasteiger partial charge in [0.15, 0.2) is 0 Å². The van der Waals surface area contributed by atoms with E-state index in [2.05, 4.69) is 187 Å². The highest BCUT2D eigenvalue weighted by atomic mass is 15.2. The standard InChI is InChI=1S/C49H31N3/c1-4-16-32(17-5-1)47-39-23-11-14-26-42(39)50-48(51-47)52-43-27-15-12-24-40(43)45-36-28-29-37-35-22-10-13-25-41(35)49(33-18-6-2-7-19-33,34-20-8-3-9-21-34)46(37)38(36)30-31-44(45)52/h1-31H. The van der Waals surface area contributed by atoms with E-state index in [0.717, 1.165) is 33.2 Å². The number of nitrogens with zero attached hydrogens (tertiary/aromatic N) is 3. The van der Waals surface area contributed by atoms with Crippen molar-refractivity contribution in [3.05, 3.63) is 210 Å². The molecule has 52 heavy (non-hydrogen) atoms. The lowest BCUT2D eigenvalue weighted by Gasteiger charge is -2.34. The van der Waals surface area contributed by atoms with Crippen LogP contribution in [0.3, 0.4) is 0 Å². The lowest BCUT2D eigenvalue weighted by atomic mass is 9.66. The molecule has 0 N–H and O–H groups in total. The van der Waals surface area contributed by atoms with Gasteiger partial charge >= 0.3 is 0 Å². The van der Waals surface area contributed by atoms with Gasteiger partial charge in [0.2, 0.25) is 5.95 Å². The second-order valence-corrected chi connectivity index (χ2v) is 13.7. The summed E-state index contributed by atoms with van der Waals surface area (Å²) in [5.74, 6) is 0.666. The van der Waals surface area contributed by atoms with Crippen molar-refractivity contribution in [2.45, 2.75) is 5.41 Å². The summed E-state index contributed by atoms with van der Waals surface area (Å²) in [6, 6.07) is 67.9. The molecule has 0 radical (unpaired) electrons. The number of para-hydroxylation sites is 2. The summed E-state index contributed by atoms with van der Waals surface area (Å²) < 4.78 is 2.26. The zero-order valence-electron chi connectivity index (χ0n) is 28.2. The van der Waals surface area contributed by atoms with Crippen LogP contribution in [0.15, 0.2) is 188 Å². The third kappa shape index (κ3) is 3.91. The smallest absolute Gasteiger partial charge is 0.235 e. The van der Waals surface area contributed by atoms with Crippen molar-refractivity contribution in [3.63, 3.8) is 0 Å². The normalized spacial score (nSPS) is 13.2. The van der Waals surface area contributed by atoms with Gasteiger partial charge in [-0.05, 0) is 62.4 Å². The first kappa shape index (κ1) is 28.9. The molecular formula is C49H31N3. The van der Waals surface area contributed by atoms with Crippen LogP contribution in [0.4, 0.5) is 0 Å². The zero-order valence-corrected chi connectivity index (χ0v) is 28.2. The molecule has 0 unspecified atom stereocenters. The Balaban J connectivity index is 1.27. The maximum Gasteiger partial charge on any atom is 0.235 e. The van der Waals surface area contributed by atoms with Crippen molar-refractivity contribution >= 4 is 43.5 Å². The fourth-order valence-electron chi connectivity index (χ4n) is 9.02. The van der Waals surface area contributed by atoms with Crippen LogP contribution in [-0.4, -0.2) is 14.5 Å². The summed E-state index contributed by atoms with van der Waals surface area (Å²) >= 11 is 0. The summed E-state index contributed by atoms with van der Waals surface area (Å²) in [7, 11) is 0. The minimum Gasteiger partial charge on any atom is -0.278 e. The highest BCUT2D eigenvalue weighted by Crippen LogP contribution is 2.58. The van der Waals surface area contributed by atoms with E-state index in [4.69, 9.17) is 9.97 Å². The van der Waals surface area contributed by atoms with E-state index in [1.165, 1.54) is 54.9 Å². The SMILES string of the molecule is c1ccc(-c2nc(-n3c4ccccc4c4c5ccc6c(c5ccc43)C(c3ccccc3)(c3ccccc3)c3ccccc3-6)nc3ccccc23)cc1. The lowest BCUT2D eigenvalue weighted by molar-refractivity contribution is 0.775. The largest absolute Gasteiger partial charge is 0.278 e. The van der Waals surface area contributed by atoms with E-state index in [-0.39, 0.29) is 0 Å². The predicted octanol–water partition coefficient (Wildman–Crippen LogP) is 11.9. The Morgan fingerprint density at radius 2 is 1.02 bits per heavy atom. The lowest BCUT2D eigenvalue weighted by Crippen LogP contribution is -2.28. The minimum atomic E-state index is -0.494. The maximum absolute atomic E-state index is 5.33. The highest BCUT2D eigenvalue weighted by molar-refractivity contribution is 6.23. The first-order valence-corrected chi connectivity index (χ1v) is 17.9. The molecule has 8 aromatic carbocycles. The van der Waals surface area contributed by atoms with E-state index in [0.29, 0.717) is 5.95 Å². The van der Waals surface area contributed by atoms with Gasteiger partial charge < -0.3 is 0 Å². The van der Waals surface area contributed by atoms with Gasteiger partial charge in [0.1, 0.15) is 0 Å². The summed E-state index contributed by atoms with van der Waals surface area (Å²) in [4.78, 5) is 10.6. The van der Waals surface area contributed by atoms with E-state index >= 15 is 0 Å². The number of aromatic nitrogens is 3. The van der Waals surface area contributed by atoms with Crippen molar-refractivity contribution in [2.24, 2.45) is 0 Å². The number of fused-ring (bicyclic) bond motifs is 10. The maximum atomic E-state index is 5.33. The molecule has 0 amide bonds. The van der Waals surface area contributed by atoms with Gasteiger partial charge in [-0.1, -0.05) is 170 Å². The molecule has 1 aliphatic carbocycles. The molecule has 0 fully saturated rings. The predicted molar refractivity (Wildman–Crippen MR) is 214 cm³/mol. The Hall–Kier alpha value is -6.84. The van der Waals surface area contributed by atoms with Gasteiger partial charge in [-0.15, -0.1) is 0 Å². The molecular weight excluding hydrogens is 631 g/mol. The van der Waals surface area contributed by atoms with Gasteiger partial charge in [-0.25, -0.2) is 9.97 Å². The Morgan fingerprint density at radius 1 is 0.404 bits per heavy atom. The molecule has 10 aromatic rings. The Morgan fingerprint density at radius 3 is 1.79 bits per heavy atom. The molecule has 11 rings (SSSR count). The second-order valence-electron chi connectivity index (χ2n) is 13.7. The number of hydrogen-bond donors (Lipinski definition) is 0. The first-order chi connectivity index (χ1) is 25.8. The quantitative estimate of drug-likeness (QED) is 0.188. The third-order valence-electron chi connectivity index (χ3n) is 11.1. The first-order valence-electron chi connectivity index (χ1n) is 17.9. The van der Waals surface area contributed by atoms with Crippen molar-refractivity contribution in [1.82, 2.24) is 14.5 Å². The molecule has 2 heterocycles. The molecule has 0 atom stereocenters. The number of hydrogen-bond acceptors (Lipinski definition) is 2. The molecule has 0 aliphatic heterocycles. The molecule has 1 aliphatic rings. The van der Waals surface area contributed by atoms with Gasteiger partial charge in [-0.2, -0.15) is 0 Å². The molecule has 0 saturated heterocycles. The van der Waals surface area contributed by atoms with Crippen LogP contribution in [0.25, 0.3) is 71.8 Å². The van der Waals surface area contributed by atoms with E-state index in [1.54, 1.807) is 0 Å². The van der Waals surface area contributed by atoms with Crippen molar-refractivity contribution < 1.29 is 0 Å². The second kappa shape index (κ2) is 11.1. The van der Waals surface area contributed by atoms with E-state index in [9.17, 15) is 0 Å². The molecule has 0 spiro atoms. The molecule has 3 heteroatoms. The summed E-state index contributed by atoms with van der Waals surface area (Å²) in [6.45, 7) is 0. The fraction of sp³-hybridized carbons (Fsp3) is 0.0204. The Labute approximate surface area is 301 Å². The summed E-state index contributed by atoms with van der Waals surface area (Å²) in [5.41, 5.74) is 12.3. The molecule has 242 valence electrons. The van der Waals surface area contributed by atoms with Crippen LogP contribution in [0, 0.1) is 0 Å². The Kier molecular flexibility index (Phi) is 6.17. The number of benzene rings is 8. The van der Waals surface area contributed by atoms with Crippen molar-refractivity contribution in [1.29, 1.82) is 0 Å². The Bertz CT molecular complexity index is 2960. The van der Waals surface area contributed by atoms with Crippen LogP contribution in [0.1, 0.15) is 22.3 Å². The average Bonchev–Trinajstić information content (AvgIpc) is 3.73. The molecule has 3 nitrogen and oxygen atoms in total. The fourth-order valence-corrected chi connectivity index (χ4v) is 9.02. The van der Waals surface area contributed by atoms with Crippen LogP contribution in [0.5, 0.6) is 0 Å². The highest BCUT2D eigenvalue weighted by Gasteiger charge is 2.47. The van der Waals surface area contributed by atoms with Crippen molar-refractivity contribution in [2.75, 3.05) is 0 Å². The van der Waals surface area contributed by atoms with Crippen LogP contribution < -0.4 is 0 Å². The monoisotopic (exact) mass is 661 g/mol. The van der Waals surface area contributed by atoms with Gasteiger partial charge in [0.25, 0.3) is 0 Å².